The Morgan fingerprint density at radius 2 is 2.21 bits per heavy atom. The van der Waals surface area contributed by atoms with Crippen LogP contribution in [0.2, 0.25) is 0 Å². The van der Waals surface area contributed by atoms with Crippen LogP contribution in [0, 0.1) is 10.1 Å². The number of carbonyl (C=O) groups excluding carboxylic acids is 1. The number of fused-ring (bicyclic) bond motifs is 1. The van der Waals surface area contributed by atoms with E-state index in [0.29, 0.717) is 31.8 Å². The molecule has 0 saturated carbocycles. The van der Waals surface area contributed by atoms with Crippen LogP contribution in [0.1, 0.15) is 18.7 Å². The molecule has 1 aromatic carbocycles. The maximum Gasteiger partial charge on any atom is 0.306 e. The van der Waals surface area contributed by atoms with Gasteiger partial charge >= 0.3 is 5.69 Å². The van der Waals surface area contributed by atoms with Crippen molar-refractivity contribution < 1.29 is 9.72 Å². The third kappa shape index (κ3) is 3.75. The predicted molar refractivity (Wildman–Crippen MR) is 86.1 cm³/mol. The first-order valence-corrected chi connectivity index (χ1v) is 7.49. The second-order valence-electron chi connectivity index (χ2n) is 5.30. The molecule has 0 bridgehead atoms. The molecule has 3 rings (SSSR count). The van der Waals surface area contributed by atoms with E-state index in [1.165, 1.54) is 17.1 Å². The van der Waals surface area contributed by atoms with Gasteiger partial charge in [0.05, 0.1) is 22.5 Å². The summed E-state index contributed by atoms with van der Waals surface area (Å²) in [5.74, 6) is 0.601. The van der Waals surface area contributed by atoms with E-state index in [4.69, 9.17) is 0 Å². The molecule has 0 aliphatic carbocycles. The molecule has 1 amide bonds. The van der Waals surface area contributed by atoms with Gasteiger partial charge in [0, 0.05) is 13.0 Å². The highest BCUT2D eigenvalue weighted by Crippen LogP contribution is 2.10. The third-order valence-electron chi connectivity index (χ3n) is 3.51. The molecule has 2 aromatic heterocycles. The summed E-state index contributed by atoms with van der Waals surface area (Å²) >= 11 is 0. The summed E-state index contributed by atoms with van der Waals surface area (Å²) in [6, 6.07) is 7.66. The van der Waals surface area contributed by atoms with E-state index in [2.05, 4.69) is 20.4 Å². The number of aromatic amines is 1. The average Bonchev–Trinajstić information content (AvgIpc) is 3.19. The number of imidazole rings is 1. The van der Waals surface area contributed by atoms with E-state index in [1.807, 2.05) is 24.3 Å². The van der Waals surface area contributed by atoms with Crippen LogP contribution in [-0.4, -0.2) is 30.6 Å². The Morgan fingerprint density at radius 1 is 1.38 bits per heavy atom. The maximum absolute atomic E-state index is 11.8. The fourth-order valence-corrected chi connectivity index (χ4v) is 2.33. The Kier molecular flexibility index (Phi) is 4.50. The number of nitro groups is 1. The van der Waals surface area contributed by atoms with Crippen LogP contribution in [0.5, 0.6) is 0 Å². The highest BCUT2D eigenvalue weighted by atomic mass is 16.6. The van der Waals surface area contributed by atoms with Gasteiger partial charge in [-0.25, -0.2) is 4.98 Å². The van der Waals surface area contributed by atoms with Crippen LogP contribution in [-0.2, 0) is 17.9 Å². The number of benzene rings is 1. The normalized spacial score (nSPS) is 10.8. The number of nitrogens with zero attached hydrogens (tertiary/aromatic N) is 4. The van der Waals surface area contributed by atoms with Crippen molar-refractivity contribution >= 4 is 22.6 Å². The summed E-state index contributed by atoms with van der Waals surface area (Å²) in [6.45, 7) is 0.784. The summed E-state index contributed by atoms with van der Waals surface area (Å²) in [7, 11) is 0. The van der Waals surface area contributed by atoms with Crippen LogP contribution in [0.4, 0.5) is 5.69 Å². The van der Waals surface area contributed by atoms with Gasteiger partial charge in [0.2, 0.25) is 5.91 Å². The second kappa shape index (κ2) is 6.90. The van der Waals surface area contributed by atoms with Crippen LogP contribution in [0.3, 0.4) is 0 Å². The van der Waals surface area contributed by atoms with E-state index in [-0.39, 0.29) is 11.6 Å². The number of aromatic nitrogens is 4. The summed E-state index contributed by atoms with van der Waals surface area (Å²) in [5.41, 5.74) is 1.74. The first-order chi connectivity index (χ1) is 11.6. The lowest BCUT2D eigenvalue weighted by atomic mass is 10.3. The Balaban J connectivity index is 1.43. The highest BCUT2D eigenvalue weighted by molar-refractivity contribution is 5.76. The van der Waals surface area contributed by atoms with Gasteiger partial charge in [-0.15, -0.1) is 0 Å². The molecule has 0 unspecified atom stereocenters. The minimum atomic E-state index is -0.496. The molecule has 0 saturated heterocycles. The molecule has 0 fully saturated rings. The molecule has 0 radical (unpaired) electrons. The monoisotopic (exact) mass is 328 g/mol. The first-order valence-electron chi connectivity index (χ1n) is 7.49. The molecule has 9 heteroatoms. The van der Waals surface area contributed by atoms with Gasteiger partial charge in [-0.1, -0.05) is 12.1 Å². The van der Waals surface area contributed by atoms with E-state index in [0.717, 1.165) is 11.0 Å². The average molecular weight is 328 g/mol. The molecule has 2 heterocycles. The highest BCUT2D eigenvalue weighted by Gasteiger charge is 2.09. The van der Waals surface area contributed by atoms with Crippen molar-refractivity contribution in [3.63, 3.8) is 0 Å². The Labute approximate surface area is 136 Å². The zero-order valence-electron chi connectivity index (χ0n) is 12.8. The molecule has 0 spiro atoms. The molecule has 2 N–H and O–H groups in total. The molecule has 0 aliphatic rings. The molecular weight excluding hydrogens is 312 g/mol. The van der Waals surface area contributed by atoms with Crippen LogP contribution >= 0.6 is 0 Å². The standard InChI is InChI=1S/C15H16N6O3/c22-15(6-3-7-20-10-11(8-17-20)21(23)24)16-9-14-18-12-4-1-2-5-13(12)19-14/h1-2,4-5,8,10H,3,6-7,9H2,(H,16,22)(H,18,19). The molecular formula is C15H16N6O3. The molecule has 9 nitrogen and oxygen atoms in total. The van der Waals surface area contributed by atoms with E-state index in [9.17, 15) is 14.9 Å². The Hall–Kier alpha value is -3.23. The van der Waals surface area contributed by atoms with Gasteiger partial charge in [-0.05, 0) is 18.6 Å². The van der Waals surface area contributed by atoms with Crippen molar-refractivity contribution in [3.8, 4) is 0 Å². The maximum atomic E-state index is 11.8. The number of H-pyrrole nitrogens is 1. The summed E-state index contributed by atoms with van der Waals surface area (Å²) in [4.78, 5) is 29.4. The number of hydrogen-bond donors (Lipinski definition) is 2. The van der Waals surface area contributed by atoms with Crippen molar-refractivity contribution in [2.75, 3.05) is 0 Å². The minimum Gasteiger partial charge on any atom is -0.349 e. The van der Waals surface area contributed by atoms with Crippen molar-refractivity contribution in [2.45, 2.75) is 25.9 Å². The molecule has 0 atom stereocenters. The lowest BCUT2D eigenvalue weighted by Gasteiger charge is -2.03. The van der Waals surface area contributed by atoms with E-state index >= 15 is 0 Å². The summed E-state index contributed by atoms with van der Waals surface area (Å²) in [6.07, 6.45) is 3.41. The quantitative estimate of drug-likeness (QED) is 0.506. The van der Waals surface area contributed by atoms with Crippen LogP contribution < -0.4 is 5.32 Å². The fourth-order valence-electron chi connectivity index (χ4n) is 2.33. The van der Waals surface area contributed by atoms with Gasteiger partial charge < -0.3 is 10.3 Å². The van der Waals surface area contributed by atoms with Crippen LogP contribution in [0.25, 0.3) is 11.0 Å². The summed E-state index contributed by atoms with van der Waals surface area (Å²) in [5, 5.41) is 17.2. The molecule has 3 aromatic rings. The predicted octanol–water partition coefficient (Wildman–Crippen LogP) is 1.76. The smallest absolute Gasteiger partial charge is 0.306 e. The zero-order valence-corrected chi connectivity index (χ0v) is 12.8. The topological polar surface area (TPSA) is 119 Å². The SMILES string of the molecule is O=C(CCCn1cc([N+](=O)[O-])cn1)NCc1nc2ccccc2[nH]1. The first kappa shape index (κ1) is 15.7. The van der Waals surface area contributed by atoms with Crippen molar-refractivity contribution in [1.82, 2.24) is 25.1 Å². The van der Waals surface area contributed by atoms with Crippen molar-refractivity contribution in [1.29, 1.82) is 0 Å². The molecule has 124 valence electrons. The minimum absolute atomic E-state index is 0.0515. The van der Waals surface area contributed by atoms with E-state index < -0.39 is 4.92 Å². The Morgan fingerprint density at radius 3 is 2.96 bits per heavy atom. The van der Waals surface area contributed by atoms with E-state index in [1.54, 1.807) is 0 Å². The zero-order chi connectivity index (χ0) is 16.9. The van der Waals surface area contributed by atoms with Crippen molar-refractivity contribution in [3.05, 3.63) is 52.6 Å². The van der Waals surface area contributed by atoms with Gasteiger partial charge in [0.15, 0.2) is 0 Å². The largest absolute Gasteiger partial charge is 0.349 e. The number of rotatable bonds is 7. The van der Waals surface area contributed by atoms with Gasteiger partial charge in [0.25, 0.3) is 0 Å². The van der Waals surface area contributed by atoms with Gasteiger partial charge in [-0.3, -0.25) is 19.6 Å². The molecule has 0 aliphatic heterocycles. The lowest BCUT2D eigenvalue weighted by Crippen LogP contribution is -2.23. The van der Waals surface area contributed by atoms with Gasteiger partial charge in [0.1, 0.15) is 18.2 Å². The van der Waals surface area contributed by atoms with Gasteiger partial charge in [-0.2, -0.15) is 5.10 Å². The second-order valence-corrected chi connectivity index (χ2v) is 5.30. The number of aryl methyl sites for hydroxylation is 1. The fraction of sp³-hybridized carbons (Fsp3) is 0.267. The number of para-hydroxylation sites is 2. The number of carbonyl (C=O) groups is 1. The summed E-state index contributed by atoms with van der Waals surface area (Å²) < 4.78 is 1.46. The number of nitrogens with one attached hydrogen (secondary N) is 2. The van der Waals surface area contributed by atoms with Crippen molar-refractivity contribution in [2.24, 2.45) is 0 Å². The number of hydrogen-bond acceptors (Lipinski definition) is 5. The number of amides is 1. The lowest BCUT2D eigenvalue weighted by molar-refractivity contribution is -0.385. The Bertz CT molecular complexity index is 836. The van der Waals surface area contributed by atoms with Crippen LogP contribution in [0.15, 0.2) is 36.7 Å². The third-order valence-corrected chi connectivity index (χ3v) is 3.51. The molecule has 24 heavy (non-hydrogen) atoms.